The average molecular weight is 345 g/mol. The molecule has 1 heterocycles. The van der Waals surface area contributed by atoms with E-state index in [1.165, 1.54) is 15.3 Å². The summed E-state index contributed by atoms with van der Waals surface area (Å²) in [4.78, 5) is 2.67. The molecule has 1 unspecified atom stereocenters. The lowest BCUT2D eigenvalue weighted by molar-refractivity contribution is 0.639. The molecular formula is C14H15BrClNS. The molecule has 1 nitrogen and oxygen atoms in total. The van der Waals surface area contributed by atoms with Gasteiger partial charge in [0.2, 0.25) is 0 Å². The smallest absolute Gasteiger partial charge is 0.0671 e. The van der Waals surface area contributed by atoms with Crippen LogP contribution in [0.15, 0.2) is 34.8 Å². The normalized spacial score (nSPS) is 12.7. The summed E-state index contributed by atoms with van der Waals surface area (Å²) in [7, 11) is 0. The molecule has 2 aromatic rings. The molecule has 0 amide bonds. The molecule has 0 fully saturated rings. The topological polar surface area (TPSA) is 12.0 Å². The van der Waals surface area contributed by atoms with Gasteiger partial charge in [-0.3, -0.25) is 0 Å². The van der Waals surface area contributed by atoms with Crippen LogP contribution in [0.4, 0.5) is 0 Å². The van der Waals surface area contributed by atoms with Crippen LogP contribution in [0.2, 0.25) is 5.02 Å². The van der Waals surface area contributed by atoms with Gasteiger partial charge in [0, 0.05) is 14.2 Å². The minimum Gasteiger partial charge on any atom is -0.306 e. The second-order valence-corrected chi connectivity index (χ2v) is 6.69. The van der Waals surface area contributed by atoms with E-state index in [2.05, 4.69) is 59.4 Å². The summed E-state index contributed by atoms with van der Waals surface area (Å²) >= 11 is 11.4. The van der Waals surface area contributed by atoms with E-state index in [0.29, 0.717) is 0 Å². The van der Waals surface area contributed by atoms with Crippen LogP contribution in [-0.4, -0.2) is 6.54 Å². The summed E-state index contributed by atoms with van der Waals surface area (Å²) in [5, 5.41) is 4.27. The molecule has 2 rings (SSSR count). The first-order valence-electron chi connectivity index (χ1n) is 5.86. The Kier molecular flexibility index (Phi) is 4.84. The van der Waals surface area contributed by atoms with Gasteiger partial charge in [-0.15, -0.1) is 11.3 Å². The van der Waals surface area contributed by atoms with E-state index >= 15 is 0 Å². The zero-order valence-electron chi connectivity index (χ0n) is 10.3. The van der Waals surface area contributed by atoms with Crippen molar-refractivity contribution in [2.45, 2.75) is 19.9 Å². The van der Waals surface area contributed by atoms with Crippen molar-refractivity contribution in [3.05, 3.63) is 55.1 Å². The average Bonchev–Trinajstić information content (AvgIpc) is 2.76. The minimum absolute atomic E-state index is 0.238. The first-order chi connectivity index (χ1) is 8.61. The van der Waals surface area contributed by atoms with Gasteiger partial charge in [-0.25, -0.2) is 0 Å². The van der Waals surface area contributed by atoms with Crippen molar-refractivity contribution in [1.29, 1.82) is 0 Å². The van der Waals surface area contributed by atoms with Gasteiger partial charge in [-0.2, -0.15) is 0 Å². The van der Waals surface area contributed by atoms with Crippen LogP contribution in [0, 0.1) is 6.92 Å². The standard InChI is InChI=1S/C14H15BrClNS/c1-3-17-14(13-7-4-9(2)18-13)10-5-6-12(16)11(15)8-10/h4-8,14,17H,3H2,1-2H3. The van der Waals surface area contributed by atoms with E-state index in [1.807, 2.05) is 17.4 Å². The maximum atomic E-state index is 6.05. The predicted octanol–water partition coefficient (Wildman–Crippen LogP) is 5.17. The molecule has 1 N–H and O–H groups in total. The van der Waals surface area contributed by atoms with Crippen LogP contribution < -0.4 is 5.32 Å². The van der Waals surface area contributed by atoms with Crippen LogP contribution in [0.1, 0.15) is 28.3 Å². The number of hydrogen-bond acceptors (Lipinski definition) is 2. The van der Waals surface area contributed by atoms with Crippen molar-refractivity contribution < 1.29 is 0 Å². The molecule has 0 saturated heterocycles. The highest BCUT2D eigenvalue weighted by Gasteiger charge is 2.15. The summed E-state index contributed by atoms with van der Waals surface area (Å²) in [5.41, 5.74) is 1.23. The molecule has 1 atom stereocenters. The van der Waals surface area contributed by atoms with Crippen molar-refractivity contribution in [2.24, 2.45) is 0 Å². The fourth-order valence-corrected chi connectivity index (χ4v) is 3.38. The first kappa shape index (κ1) is 14.1. The third kappa shape index (κ3) is 3.15. The summed E-state index contributed by atoms with van der Waals surface area (Å²) in [5.74, 6) is 0. The second kappa shape index (κ2) is 6.20. The molecule has 0 bridgehead atoms. The first-order valence-corrected chi connectivity index (χ1v) is 7.85. The highest BCUT2D eigenvalue weighted by atomic mass is 79.9. The van der Waals surface area contributed by atoms with Gasteiger partial charge in [0.05, 0.1) is 11.1 Å². The van der Waals surface area contributed by atoms with Crippen LogP contribution in [0.5, 0.6) is 0 Å². The second-order valence-electron chi connectivity index (χ2n) is 4.11. The fourth-order valence-electron chi connectivity index (χ4n) is 1.89. The van der Waals surface area contributed by atoms with Crippen LogP contribution in [0.3, 0.4) is 0 Å². The maximum Gasteiger partial charge on any atom is 0.0671 e. The molecule has 1 aromatic carbocycles. The number of hydrogen-bond donors (Lipinski definition) is 1. The summed E-state index contributed by atoms with van der Waals surface area (Å²) in [6.07, 6.45) is 0. The number of thiophene rings is 1. The monoisotopic (exact) mass is 343 g/mol. The summed E-state index contributed by atoms with van der Waals surface area (Å²) < 4.78 is 0.942. The third-order valence-electron chi connectivity index (χ3n) is 2.73. The molecular weight excluding hydrogens is 330 g/mol. The lowest BCUT2D eigenvalue weighted by Gasteiger charge is -2.17. The number of rotatable bonds is 4. The van der Waals surface area contributed by atoms with Gasteiger partial charge in [-0.05, 0) is 59.2 Å². The quantitative estimate of drug-likeness (QED) is 0.806. The van der Waals surface area contributed by atoms with E-state index < -0.39 is 0 Å². The van der Waals surface area contributed by atoms with Crippen molar-refractivity contribution in [3.8, 4) is 0 Å². The largest absolute Gasteiger partial charge is 0.306 e. The predicted molar refractivity (Wildman–Crippen MR) is 83.7 cm³/mol. The van der Waals surface area contributed by atoms with Crippen molar-refractivity contribution in [3.63, 3.8) is 0 Å². The van der Waals surface area contributed by atoms with Crippen molar-refractivity contribution >= 4 is 38.9 Å². The van der Waals surface area contributed by atoms with Gasteiger partial charge >= 0.3 is 0 Å². The van der Waals surface area contributed by atoms with E-state index in [-0.39, 0.29) is 6.04 Å². The Morgan fingerprint density at radius 1 is 1.33 bits per heavy atom. The summed E-state index contributed by atoms with van der Waals surface area (Å²) in [6.45, 7) is 5.19. The highest BCUT2D eigenvalue weighted by molar-refractivity contribution is 9.10. The molecule has 0 radical (unpaired) electrons. The lowest BCUT2D eigenvalue weighted by Crippen LogP contribution is -2.21. The Morgan fingerprint density at radius 3 is 2.67 bits per heavy atom. The Bertz CT molecular complexity index is 538. The molecule has 0 aliphatic heterocycles. The molecule has 4 heteroatoms. The lowest BCUT2D eigenvalue weighted by atomic mass is 10.1. The number of nitrogens with one attached hydrogen (secondary N) is 1. The fraction of sp³-hybridized carbons (Fsp3) is 0.286. The van der Waals surface area contributed by atoms with E-state index in [4.69, 9.17) is 11.6 Å². The molecule has 0 aliphatic carbocycles. The number of aryl methyl sites for hydroxylation is 1. The zero-order chi connectivity index (χ0) is 13.1. The molecule has 0 spiro atoms. The van der Waals surface area contributed by atoms with Gasteiger partial charge < -0.3 is 5.32 Å². The van der Waals surface area contributed by atoms with Crippen molar-refractivity contribution in [1.82, 2.24) is 5.32 Å². The van der Waals surface area contributed by atoms with Gasteiger partial charge in [0.25, 0.3) is 0 Å². The van der Waals surface area contributed by atoms with Crippen LogP contribution in [0.25, 0.3) is 0 Å². The molecule has 1 aromatic heterocycles. The van der Waals surface area contributed by atoms with Crippen LogP contribution >= 0.6 is 38.9 Å². The Balaban J connectivity index is 2.37. The minimum atomic E-state index is 0.238. The number of benzene rings is 1. The molecule has 18 heavy (non-hydrogen) atoms. The Hall–Kier alpha value is -0.350. The molecule has 96 valence electrons. The van der Waals surface area contributed by atoms with Gasteiger partial charge in [-0.1, -0.05) is 24.6 Å². The van der Waals surface area contributed by atoms with Crippen LogP contribution in [-0.2, 0) is 0 Å². The highest BCUT2D eigenvalue weighted by Crippen LogP contribution is 2.32. The maximum absolute atomic E-state index is 6.05. The summed E-state index contributed by atoms with van der Waals surface area (Å²) in [6, 6.07) is 10.7. The number of halogens is 2. The Morgan fingerprint density at radius 2 is 2.11 bits per heavy atom. The Labute approximate surface area is 125 Å². The molecule has 0 saturated carbocycles. The third-order valence-corrected chi connectivity index (χ3v) is 5.01. The van der Waals surface area contributed by atoms with Crippen molar-refractivity contribution in [2.75, 3.05) is 6.54 Å². The SMILES string of the molecule is CCNC(c1ccc(Cl)c(Br)c1)c1ccc(C)s1. The van der Waals surface area contributed by atoms with E-state index in [0.717, 1.165) is 16.0 Å². The molecule has 0 aliphatic rings. The van der Waals surface area contributed by atoms with E-state index in [1.54, 1.807) is 0 Å². The van der Waals surface area contributed by atoms with E-state index in [9.17, 15) is 0 Å². The van der Waals surface area contributed by atoms with Gasteiger partial charge in [0.1, 0.15) is 0 Å². The zero-order valence-corrected chi connectivity index (χ0v) is 13.5. The van der Waals surface area contributed by atoms with Gasteiger partial charge in [0.15, 0.2) is 0 Å².